The highest BCUT2D eigenvalue weighted by molar-refractivity contribution is 5.29. The molecule has 0 aliphatic carbocycles. The summed E-state index contributed by atoms with van der Waals surface area (Å²) in [4.78, 5) is 0. The molecule has 0 saturated carbocycles. The van der Waals surface area contributed by atoms with Crippen molar-refractivity contribution in [2.24, 2.45) is 5.41 Å². The van der Waals surface area contributed by atoms with Gasteiger partial charge in [-0.2, -0.15) is 0 Å². The fourth-order valence-corrected chi connectivity index (χ4v) is 2.40. The molecule has 0 amide bonds. The molecule has 1 rings (SSSR count). The van der Waals surface area contributed by atoms with Crippen LogP contribution >= 0.6 is 0 Å². The molecule has 1 N–H and O–H groups in total. The Kier molecular flexibility index (Phi) is 5.49. The van der Waals surface area contributed by atoms with Gasteiger partial charge in [0.15, 0.2) is 0 Å². The van der Waals surface area contributed by atoms with Gasteiger partial charge in [-0.05, 0) is 49.4 Å². The number of methoxy groups -OCH3 is 1. The Balaban J connectivity index is 2.84. The second-order valence-corrected chi connectivity index (χ2v) is 4.77. The predicted molar refractivity (Wildman–Crippen MR) is 73.6 cm³/mol. The third kappa shape index (κ3) is 3.74. The number of ether oxygens (including phenoxy) is 1. The minimum atomic E-state index is 0.362. The van der Waals surface area contributed by atoms with E-state index in [9.17, 15) is 0 Å². The molecule has 1 aromatic carbocycles. The van der Waals surface area contributed by atoms with Gasteiger partial charge in [-0.15, -0.1) is 0 Å². The first-order valence-electron chi connectivity index (χ1n) is 6.47. The van der Waals surface area contributed by atoms with E-state index in [0.29, 0.717) is 5.41 Å². The molecule has 0 spiro atoms. The standard InChI is InChI=1S/C15H25NO/c1-5-15(6-2,12-16-3)11-13-8-7-9-14(10-13)17-4/h7-10,16H,5-6,11-12H2,1-4H3. The third-order valence-corrected chi connectivity index (χ3v) is 3.77. The lowest BCUT2D eigenvalue weighted by Gasteiger charge is -2.31. The van der Waals surface area contributed by atoms with Crippen LogP contribution < -0.4 is 10.1 Å². The summed E-state index contributed by atoms with van der Waals surface area (Å²) in [7, 11) is 3.76. The molecule has 0 fully saturated rings. The molecule has 1 aromatic rings. The quantitative estimate of drug-likeness (QED) is 0.783. The van der Waals surface area contributed by atoms with Crippen LogP contribution in [0.25, 0.3) is 0 Å². The molecule has 0 atom stereocenters. The molecule has 0 bridgehead atoms. The Labute approximate surface area is 105 Å². The largest absolute Gasteiger partial charge is 0.497 e. The molecule has 0 unspecified atom stereocenters. The lowest BCUT2D eigenvalue weighted by Crippen LogP contribution is -2.33. The van der Waals surface area contributed by atoms with E-state index in [4.69, 9.17) is 4.74 Å². The van der Waals surface area contributed by atoms with Crippen LogP contribution in [-0.4, -0.2) is 20.7 Å². The van der Waals surface area contributed by atoms with Gasteiger partial charge >= 0.3 is 0 Å². The molecule has 0 saturated heterocycles. The van der Waals surface area contributed by atoms with Crippen molar-refractivity contribution in [1.29, 1.82) is 0 Å². The van der Waals surface area contributed by atoms with Gasteiger partial charge in [0, 0.05) is 6.54 Å². The van der Waals surface area contributed by atoms with Crippen LogP contribution in [0.1, 0.15) is 32.3 Å². The number of nitrogens with one attached hydrogen (secondary N) is 1. The molecule has 17 heavy (non-hydrogen) atoms. The van der Waals surface area contributed by atoms with Crippen LogP contribution in [0.5, 0.6) is 5.75 Å². The number of rotatable bonds is 7. The average Bonchev–Trinajstić information content (AvgIpc) is 2.38. The van der Waals surface area contributed by atoms with Gasteiger partial charge in [-0.25, -0.2) is 0 Å². The van der Waals surface area contributed by atoms with E-state index in [2.05, 4.69) is 37.4 Å². The summed E-state index contributed by atoms with van der Waals surface area (Å²) in [6.45, 7) is 5.62. The van der Waals surface area contributed by atoms with Gasteiger partial charge < -0.3 is 10.1 Å². The Bertz CT molecular complexity index is 331. The van der Waals surface area contributed by atoms with Crippen LogP contribution in [0.15, 0.2) is 24.3 Å². The third-order valence-electron chi connectivity index (χ3n) is 3.77. The predicted octanol–water partition coefficient (Wildman–Crippen LogP) is 3.26. The highest BCUT2D eigenvalue weighted by Gasteiger charge is 2.25. The summed E-state index contributed by atoms with van der Waals surface area (Å²) in [5.41, 5.74) is 1.73. The van der Waals surface area contributed by atoms with Crippen molar-refractivity contribution >= 4 is 0 Å². The topological polar surface area (TPSA) is 21.3 Å². The van der Waals surface area contributed by atoms with Crippen molar-refractivity contribution in [3.8, 4) is 5.75 Å². The van der Waals surface area contributed by atoms with Crippen LogP contribution in [0, 0.1) is 5.41 Å². The molecular formula is C15H25NO. The van der Waals surface area contributed by atoms with Crippen LogP contribution in [0.4, 0.5) is 0 Å². The second kappa shape index (κ2) is 6.65. The Morgan fingerprint density at radius 1 is 1.24 bits per heavy atom. The minimum absolute atomic E-state index is 0.362. The molecule has 96 valence electrons. The summed E-state index contributed by atoms with van der Waals surface area (Å²) in [6.07, 6.45) is 3.50. The van der Waals surface area contributed by atoms with E-state index in [1.807, 2.05) is 13.1 Å². The lowest BCUT2D eigenvalue weighted by molar-refractivity contribution is 0.253. The van der Waals surface area contributed by atoms with E-state index in [1.54, 1.807) is 7.11 Å². The molecule has 2 nitrogen and oxygen atoms in total. The van der Waals surface area contributed by atoms with Gasteiger partial charge in [0.25, 0.3) is 0 Å². The average molecular weight is 235 g/mol. The highest BCUT2D eigenvalue weighted by Crippen LogP contribution is 2.31. The van der Waals surface area contributed by atoms with Gasteiger partial charge in [0.2, 0.25) is 0 Å². The molecule has 0 aliphatic heterocycles. The van der Waals surface area contributed by atoms with Gasteiger partial charge in [-0.1, -0.05) is 26.0 Å². The monoisotopic (exact) mass is 235 g/mol. The van der Waals surface area contributed by atoms with Crippen LogP contribution in [0.3, 0.4) is 0 Å². The van der Waals surface area contributed by atoms with Crippen LogP contribution in [0.2, 0.25) is 0 Å². The van der Waals surface area contributed by atoms with Crippen molar-refractivity contribution < 1.29 is 4.74 Å². The maximum Gasteiger partial charge on any atom is 0.119 e. The van der Waals surface area contributed by atoms with E-state index >= 15 is 0 Å². The first kappa shape index (κ1) is 14.0. The molecule has 0 radical (unpaired) electrons. The smallest absolute Gasteiger partial charge is 0.119 e. The summed E-state index contributed by atoms with van der Waals surface area (Å²) >= 11 is 0. The van der Waals surface area contributed by atoms with Crippen molar-refractivity contribution in [2.45, 2.75) is 33.1 Å². The van der Waals surface area contributed by atoms with E-state index < -0.39 is 0 Å². The van der Waals surface area contributed by atoms with Gasteiger partial charge in [-0.3, -0.25) is 0 Å². The Hall–Kier alpha value is -1.02. The van der Waals surface area contributed by atoms with E-state index in [0.717, 1.165) is 18.7 Å². The normalized spacial score (nSPS) is 11.5. The van der Waals surface area contributed by atoms with Crippen LogP contribution in [-0.2, 0) is 6.42 Å². The van der Waals surface area contributed by atoms with Gasteiger partial charge in [0.05, 0.1) is 7.11 Å². The molecular weight excluding hydrogens is 210 g/mol. The maximum atomic E-state index is 5.28. The fourth-order valence-electron chi connectivity index (χ4n) is 2.40. The Morgan fingerprint density at radius 3 is 2.47 bits per heavy atom. The van der Waals surface area contributed by atoms with E-state index in [1.165, 1.54) is 18.4 Å². The van der Waals surface area contributed by atoms with Crippen molar-refractivity contribution in [3.63, 3.8) is 0 Å². The van der Waals surface area contributed by atoms with E-state index in [-0.39, 0.29) is 0 Å². The molecule has 2 heteroatoms. The van der Waals surface area contributed by atoms with Crippen molar-refractivity contribution in [2.75, 3.05) is 20.7 Å². The number of hydrogen-bond donors (Lipinski definition) is 1. The zero-order chi connectivity index (χ0) is 12.7. The fraction of sp³-hybridized carbons (Fsp3) is 0.600. The Morgan fingerprint density at radius 2 is 1.94 bits per heavy atom. The number of benzene rings is 1. The minimum Gasteiger partial charge on any atom is -0.497 e. The molecule has 0 aromatic heterocycles. The van der Waals surface area contributed by atoms with Crippen molar-refractivity contribution in [3.05, 3.63) is 29.8 Å². The lowest BCUT2D eigenvalue weighted by atomic mass is 9.77. The zero-order valence-electron chi connectivity index (χ0n) is 11.5. The number of hydrogen-bond acceptors (Lipinski definition) is 2. The SMILES string of the molecule is CCC(CC)(CNC)Cc1cccc(OC)c1. The van der Waals surface area contributed by atoms with Crippen molar-refractivity contribution in [1.82, 2.24) is 5.32 Å². The summed E-state index contributed by atoms with van der Waals surface area (Å²) in [5, 5.41) is 3.33. The zero-order valence-corrected chi connectivity index (χ0v) is 11.5. The first-order valence-corrected chi connectivity index (χ1v) is 6.47. The summed E-state index contributed by atoms with van der Waals surface area (Å²) in [6, 6.07) is 8.42. The first-order chi connectivity index (χ1) is 8.19. The highest BCUT2D eigenvalue weighted by atomic mass is 16.5. The summed E-state index contributed by atoms with van der Waals surface area (Å²) < 4.78 is 5.28. The van der Waals surface area contributed by atoms with Gasteiger partial charge in [0.1, 0.15) is 5.75 Å². The summed E-state index contributed by atoms with van der Waals surface area (Å²) in [5.74, 6) is 0.952. The molecule has 0 heterocycles. The molecule has 0 aliphatic rings. The second-order valence-electron chi connectivity index (χ2n) is 4.77. The maximum absolute atomic E-state index is 5.28.